The molecule has 2 nitrogen and oxygen atoms in total. The first kappa shape index (κ1) is 14.0. The Morgan fingerprint density at radius 1 is 1.28 bits per heavy atom. The fourth-order valence-corrected chi connectivity index (χ4v) is 4.40. The predicted octanol–water partition coefficient (Wildman–Crippen LogP) is 4.23. The number of thiazole rings is 1. The van der Waals surface area contributed by atoms with Crippen LogP contribution in [-0.2, 0) is 0 Å². The van der Waals surface area contributed by atoms with Gasteiger partial charge in [-0.2, -0.15) is 0 Å². The second kappa shape index (κ2) is 6.16. The summed E-state index contributed by atoms with van der Waals surface area (Å²) in [5.74, 6) is 1.43. The van der Waals surface area contributed by atoms with E-state index in [1.807, 2.05) is 11.3 Å². The van der Waals surface area contributed by atoms with Crippen molar-refractivity contribution in [3.8, 4) is 0 Å². The summed E-state index contributed by atoms with van der Waals surface area (Å²) < 4.78 is 0. The van der Waals surface area contributed by atoms with E-state index in [2.05, 4.69) is 20.8 Å². The standard InChI is InChI=1S/C15H25NOS/c1-10(2)13(9-17)14-11(3)16-15(18-14)12-7-5-4-6-8-12/h10,12-13,17H,4-9H2,1-3H3. The first-order valence-corrected chi connectivity index (χ1v) is 8.03. The smallest absolute Gasteiger partial charge is 0.0962 e. The second-order valence-electron chi connectivity index (χ2n) is 5.87. The van der Waals surface area contributed by atoms with Gasteiger partial charge in [-0.15, -0.1) is 11.3 Å². The van der Waals surface area contributed by atoms with E-state index in [0.29, 0.717) is 11.8 Å². The second-order valence-corrected chi connectivity index (χ2v) is 6.93. The highest BCUT2D eigenvalue weighted by atomic mass is 32.1. The van der Waals surface area contributed by atoms with E-state index in [1.165, 1.54) is 42.0 Å². The van der Waals surface area contributed by atoms with Gasteiger partial charge in [0.25, 0.3) is 0 Å². The van der Waals surface area contributed by atoms with Gasteiger partial charge in [0.2, 0.25) is 0 Å². The van der Waals surface area contributed by atoms with Crippen LogP contribution < -0.4 is 0 Å². The van der Waals surface area contributed by atoms with Crippen LogP contribution in [0.5, 0.6) is 0 Å². The Balaban J connectivity index is 2.19. The molecule has 0 saturated heterocycles. The molecule has 3 heteroatoms. The highest BCUT2D eigenvalue weighted by Crippen LogP contribution is 2.39. The quantitative estimate of drug-likeness (QED) is 0.885. The molecule has 1 fully saturated rings. The van der Waals surface area contributed by atoms with Crippen molar-refractivity contribution in [1.82, 2.24) is 4.98 Å². The molecule has 0 radical (unpaired) electrons. The van der Waals surface area contributed by atoms with Gasteiger partial charge in [-0.05, 0) is 25.7 Å². The van der Waals surface area contributed by atoms with Gasteiger partial charge in [-0.3, -0.25) is 0 Å². The van der Waals surface area contributed by atoms with Crippen LogP contribution in [0.4, 0.5) is 0 Å². The summed E-state index contributed by atoms with van der Waals surface area (Å²) in [6.07, 6.45) is 6.70. The zero-order valence-electron chi connectivity index (χ0n) is 11.8. The van der Waals surface area contributed by atoms with Gasteiger partial charge in [0, 0.05) is 16.7 Å². The van der Waals surface area contributed by atoms with Crippen molar-refractivity contribution in [2.24, 2.45) is 5.92 Å². The van der Waals surface area contributed by atoms with Crippen LogP contribution in [0.15, 0.2) is 0 Å². The van der Waals surface area contributed by atoms with Gasteiger partial charge in [0.1, 0.15) is 0 Å². The third-order valence-electron chi connectivity index (χ3n) is 4.14. The van der Waals surface area contributed by atoms with Crippen molar-refractivity contribution in [3.05, 3.63) is 15.6 Å². The summed E-state index contributed by atoms with van der Waals surface area (Å²) in [5, 5.41) is 10.9. The molecule has 0 aromatic carbocycles. The molecule has 1 saturated carbocycles. The van der Waals surface area contributed by atoms with Crippen LogP contribution in [0, 0.1) is 12.8 Å². The molecule has 18 heavy (non-hydrogen) atoms. The molecule has 1 aliphatic carbocycles. The van der Waals surface area contributed by atoms with Crippen molar-refractivity contribution in [1.29, 1.82) is 0 Å². The van der Waals surface area contributed by atoms with E-state index in [0.717, 1.165) is 5.69 Å². The first-order chi connectivity index (χ1) is 8.63. The Kier molecular flexibility index (Phi) is 4.79. The van der Waals surface area contributed by atoms with Gasteiger partial charge >= 0.3 is 0 Å². The maximum absolute atomic E-state index is 9.57. The van der Waals surface area contributed by atoms with E-state index >= 15 is 0 Å². The number of hydrogen-bond donors (Lipinski definition) is 1. The van der Waals surface area contributed by atoms with E-state index in [4.69, 9.17) is 4.98 Å². The Labute approximate surface area is 114 Å². The largest absolute Gasteiger partial charge is 0.396 e. The average molecular weight is 267 g/mol. The van der Waals surface area contributed by atoms with Gasteiger partial charge in [-0.1, -0.05) is 33.1 Å². The van der Waals surface area contributed by atoms with Crippen molar-refractivity contribution >= 4 is 11.3 Å². The third-order valence-corrected chi connectivity index (χ3v) is 5.59. The van der Waals surface area contributed by atoms with Gasteiger partial charge in [0.15, 0.2) is 0 Å². The summed E-state index contributed by atoms with van der Waals surface area (Å²) in [4.78, 5) is 6.11. The van der Waals surface area contributed by atoms with Gasteiger partial charge in [-0.25, -0.2) is 4.98 Å². The first-order valence-electron chi connectivity index (χ1n) is 7.21. The molecule has 0 spiro atoms. The molecule has 1 aromatic rings. The molecule has 1 aliphatic rings. The van der Waals surface area contributed by atoms with E-state index in [9.17, 15) is 5.11 Å². The molecule has 0 aliphatic heterocycles. The molecule has 2 rings (SSSR count). The summed E-state index contributed by atoms with van der Waals surface area (Å²) in [6, 6.07) is 0. The minimum absolute atomic E-state index is 0.241. The highest BCUT2D eigenvalue weighted by Gasteiger charge is 2.24. The van der Waals surface area contributed by atoms with Crippen LogP contribution in [-0.4, -0.2) is 16.7 Å². The Morgan fingerprint density at radius 3 is 2.50 bits per heavy atom. The molecule has 1 aromatic heterocycles. The van der Waals surface area contributed by atoms with Crippen LogP contribution in [0.2, 0.25) is 0 Å². The summed E-state index contributed by atoms with van der Waals surface area (Å²) in [5.41, 5.74) is 1.15. The van der Waals surface area contributed by atoms with Crippen LogP contribution in [0.25, 0.3) is 0 Å². The summed E-state index contributed by atoms with van der Waals surface area (Å²) >= 11 is 1.86. The Hall–Kier alpha value is -0.410. The van der Waals surface area contributed by atoms with Crippen LogP contribution >= 0.6 is 11.3 Å². The SMILES string of the molecule is Cc1nc(C2CCCCC2)sc1C(CO)C(C)C. The number of hydrogen-bond acceptors (Lipinski definition) is 3. The minimum Gasteiger partial charge on any atom is -0.396 e. The predicted molar refractivity (Wildman–Crippen MR) is 77.3 cm³/mol. The highest BCUT2D eigenvalue weighted by molar-refractivity contribution is 7.12. The molecular formula is C15H25NOS. The lowest BCUT2D eigenvalue weighted by Crippen LogP contribution is -2.10. The molecule has 1 heterocycles. The van der Waals surface area contributed by atoms with Crippen LogP contribution in [0.1, 0.15) is 73.4 Å². The van der Waals surface area contributed by atoms with E-state index in [-0.39, 0.29) is 12.5 Å². The van der Waals surface area contributed by atoms with Crippen molar-refractivity contribution in [3.63, 3.8) is 0 Å². The zero-order chi connectivity index (χ0) is 13.1. The maximum atomic E-state index is 9.57. The van der Waals surface area contributed by atoms with Crippen molar-refractivity contribution in [2.45, 2.75) is 64.7 Å². The molecule has 1 N–H and O–H groups in total. The number of aryl methyl sites for hydroxylation is 1. The van der Waals surface area contributed by atoms with Gasteiger partial charge in [0.05, 0.1) is 17.3 Å². The third kappa shape index (κ3) is 2.94. The minimum atomic E-state index is 0.241. The number of aliphatic hydroxyl groups is 1. The average Bonchev–Trinajstić information content (AvgIpc) is 2.73. The normalized spacial score (nSPS) is 19.4. The fraction of sp³-hybridized carbons (Fsp3) is 0.800. The number of rotatable bonds is 4. The van der Waals surface area contributed by atoms with Crippen molar-refractivity contribution in [2.75, 3.05) is 6.61 Å². The summed E-state index contributed by atoms with van der Waals surface area (Å²) in [6.45, 7) is 6.70. The van der Waals surface area contributed by atoms with Crippen LogP contribution in [0.3, 0.4) is 0 Å². The van der Waals surface area contributed by atoms with E-state index < -0.39 is 0 Å². The number of aromatic nitrogens is 1. The molecule has 1 atom stereocenters. The Morgan fingerprint density at radius 2 is 1.94 bits per heavy atom. The number of aliphatic hydroxyl groups excluding tert-OH is 1. The lowest BCUT2D eigenvalue weighted by Gasteiger charge is -2.19. The zero-order valence-corrected chi connectivity index (χ0v) is 12.6. The molecule has 102 valence electrons. The summed E-state index contributed by atoms with van der Waals surface area (Å²) in [7, 11) is 0. The fourth-order valence-electron chi connectivity index (χ4n) is 2.89. The lowest BCUT2D eigenvalue weighted by atomic mass is 9.90. The monoisotopic (exact) mass is 267 g/mol. The number of nitrogens with zero attached hydrogens (tertiary/aromatic N) is 1. The van der Waals surface area contributed by atoms with E-state index in [1.54, 1.807) is 0 Å². The van der Waals surface area contributed by atoms with Crippen molar-refractivity contribution < 1.29 is 5.11 Å². The Bertz CT molecular complexity index is 380. The molecule has 0 amide bonds. The molecular weight excluding hydrogens is 242 g/mol. The topological polar surface area (TPSA) is 33.1 Å². The molecule has 0 bridgehead atoms. The lowest BCUT2D eigenvalue weighted by molar-refractivity contribution is 0.239. The maximum Gasteiger partial charge on any atom is 0.0962 e. The van der Waals surface area contributed by atoms with Gasteiger partial charge < -0.3 is 5.11 Å². The molecule has 1 unspecified atom stereocenters.